The molecule has 0 unspecified atom stereocenters. The number of thioether (sulfide) groups is 1. The number of anilines is 1. The van der Waals surface area contributed by atoms with Gasteiger partial charge in [0, 0.05) is 31.7 Å². The number of carbonyl (C=O) groups is 1. The van der Waals surface area contributed by atoms with Gasteiger partial charge < -0.3 is 9.80 Å². The summed E-state index contributed by atoms with van der Waals surface area (Å²) in [5.41, 5.74) is 0. The number of nitrogens with zero attached hydrogens (tertiary/aromatic N) is 5. The predicted octanol–water partition coefficient (Wildman–Crippen LogP) is 3.88. The van der Waals surface area contributed by atoms with Crippen LogP contribution in [0.4, 0.5) is 5.95 Å². The molecule has 0 N–H and O–H groups in total. The van der Waals surface area contributed by atoms with Gasteiger partial charge in [-0.1, -0.05) is 31.0 Å². The molecule has 1 aliphatic heterocycles. The quantitative estimate of drug-likeness (QED) is 0.660. The van der Waals surface area contributed by atoms with Crippen LogP contribution in [-0.2, 0) is 4.79 Å². The third-order valence-electron chi connectivity index (χ3n) is 6.20. The zero-order valence-electron chi connectivity index (χ0n) is 16.6. The van der Waals surface area contributed by atoms with Crippen LogP contribution in [0.15, 0.2) is 5.16 Å². The minimum absolute atomic E-state index is 0.263. The van der Waals surface area contributed by atoms with Crippen LogP contribution in [-0.4, -0.2) is 57.0 Å². The Kier molecular flexibility index (Phi) is 6.25. The van der Waals surface area contributed by atoms with Crippen LogP contribution in [0.2, 0.25) is 0 Å². The lowest BCUT2D eigenvalue weighted by atomic mass is 9.94. The smallest absolute Gasteiger partial charge is 0.233 e. The lowest BCUT2D eigenvalue weighted by Crippen LogP contribution is -2.42. The number of hydrogen-bond donors (Lipinski definition) is 0. The Bertz CT molecular complexity index is 632. The minimum Gasteiger partial charge on any atom is -0.341 e. The van der Waals surface area contributed by atoms with E-state index in [-0.39, 0.29) is 5.91 Å². The van der Waals surface area contributed by atoms with Gasteiger partial charge in [-0.15, -0.1) is 10.2 Å². The second-order valence-electron chi connectivity index (χ2n) is 8.19. The molecule has 2 saturated carbocycles. The maximum absolute atomic E-state index is 12.9. The fraction of sp³-hybridized carbons (Fsp3) is 0.850. The Labute approximate surface area is 167 Å². The molecule has 2 heterocycles. The lowest BCUT2D eigenvalue weighted by Gasteiger charge is -2.33. The molecule has 0 spiro atoms. The Morgan fingerprint density at radius 1 is 1.04 bits per heavy atom. The molecule has 0 aromatic carbocycles. The van der Waals surface area contributed by atoms with Crippen molar-refractivity contribution in [3.63, 3.8) is 0 Å². The molecule has 6 nitrogen and oxygen atoms in total. The summed E-state index contributed by atoms with van der Waals surface area (Å²) in [4.78, 5) is 17.4. The van der Waals surface area contributed by atoms with Crippen molar-refractivity contribution in [3.05, 3.63) is 0 Å². The van der Waals surface area contributed by atoms with E-state index in [1.54, 1.807) is 11.8 Å². The van der Waals surface area contributed by atoms with Crippen LogP contribution in [0.3, 0.4) is 0 Å². The van der Waals surface area contributed by atoms with E-state index in [0.29, 0.717) is 17.8 Å². The van der Waals surface area contributed by atoms with Gasteiger partial charge in [-0.25, -0.2) is 0 Å². The second-order valence-corrected chi connectivity index (χ2v) is 9.13. The van der Waals surface area contributed by atoms with E-state index < -0.39 is 0 Å². The first-order valence-corrected chi connectivity index (χ1v) is 11.9. The minimum atomic E-state index is 0.263. The van der Waals surface area contributed by atoms with Crippen molar-refractivity contribution in [3.8, 4) is 0 Å². The Morgan fingerprint density at radius 3 is 2.41 bits per heavy atom. The van der Waals surface area contributed by atoms with Crippen molar-refractivity contribution in [1.29, 1.82) is 0 Å². The van der Waals surface area contributed by atoms with Crippen molar-refractivity contribution in [2.75, 3.05) is 30.3 Å². The second kappa shape index (κ2) is 8.84. The summed E-state index contributed by atoms with van der Waals surface area (Å²) in [6.07, 6.45) is 12.4. The fourth-order valence-electron chi connectivity index (χ4n) is 4.57. The zero-order chi connectivity index (χ0) is 18.6. The van der Waals surface area contributed by atoms with Gasteiger partial charge in [0.1, 0.15) is 0 Å². The lowest BCUT2D eigenvalue weighted by molar-refractivity contribution is -0.131. The van der Waals surface area contributed by atoms with Crippen LogP contribution < -0.4 is 4.90 Å². The third-order valence-corrected chi connectivity index (χ3v) is 7.13. The molecular formula is C20H33N5OS. The van der Waals surface area contributed by atoms with E-state index >= 15 is 0 Å². The van der Waals surface area contributed by atoms with E-state index in [2.05, 4.69) is 31.5 Å². The molecule has 7 heteroatoms. The summed E-state index contributed by atoms with van der Waals surface area (Å²) in [7, 11) is 0. The van der Waals surface area contributed by atoms with Crippen molar-refractivity contribution in [2.45, 2.75) is 88.4 Å². The summed E-state index contributed by atoms with van der Waals surface area (Å²) < 4.78 is 2.32. The topological polar surface area (TPSA) is 54.3 Å². The number of hydrogen-bond acceptors (Lipinski definition) is 5. The Morgan fingerprint density at radius 2 is 1.74 bits per heavy atom. The zero-order valence-corrected chi connectivity index (χ0v) is 17.4. The Balaban J connectivity index is 1.41. The number of rotatable bonds is 7. The number of aromatic nitrogens is 3. The maximum atomic E-state index is 12.9. The van der Waals surface area contributed by atoms with Crippen molar-refractivity contribution < 1.29 is 4.79 Å². The van der Waals surface area contributed by atoms with Gasteiger partial charge in [-0.2, -0.15) is 0 Å². The van der Waals surface area contributed by atoms with E-state index in [1.807, 2.05) is 0 Å². The standard InChI is InChI=1S/C20H33N5OS/c1-2-24(16-9-5-3-6-10-16)18(26)15-27-20-22-21-19(25(20)17-11-12-17)23-13-7-4-8-14-23/h16-17H,2-15H2,1H3. The third kappa shape index (κ3) is 4.44. The van der Waals surface area contributed by atoms with Crippen molar-refractivity contribution in [1.82, 2.24) is 19.7 Å². The van der Waals surface area contributed by atoms with E-state index in [4.69, 9.17) is 0 Å². The molecule has 150 valence electrons. The first kappa shape index (κ1) is 19.1. The molecular weight excluding hydrogens is 358 g/mol. The highest BCUT2D eigenvalue weighted by atomic mass is 32.2. The summed E-state index contributed by atoms with van der Waals surface area (Å²) in [6, 6.07) is 0.984. The number of carbonyl (C=O) groups excluding carboxylic acids is 1. The van der Waals surface area contributed by atoms with Crippen LogP contribution >= 0.6 is 11.8 Å². The van der Waals surface area contributed by atoms with Gasteiger partial charge in [0.05, 0.1) is 5.75 Å². The summed E-state index contributed by atoms with van der Waals surface area (Å²) >= 11 is 1.59. The SMILES string of the molecule is CCN(C(=O)CSc1nnc(N2CCCCC2)n1C1CC1)C1CCCCC1. The largest absolute Gasteiger partial charge is 0.341 e. The monoisotopic (exact) mass is 391 g/mol. The van der Waals surface area contributed by atoms with Gasteiger partial charge in [0.15, 0.2) is 5.16 Å². The maximum Gasteiger partial charge on any atom is 0.233 e. The van der Waals surface area contributed by atoms with E-state index in [1.165, 1.54) is 64.2 Å². The predicted molar refractivity (Wildman–Crippen MR) is 109 cm³/mol. The average Bonchev–Trinajstić information content (AvgIpc) is 3.47. The molecule has 1 amide bonds. The molecule has 0 radical (unpaired) electrons. The number of amides is 1. The van der Waals surface area contributed by atoms with Gasteiger partial charge in [-0.3, -0.25) is 9.36 Å². The first-order valence-electron chi connectivity index (χ1n) is 10.9. The van der Waals surface area contributed by atoms with Gasteiger partial charge in [0.2, 0.25) is 11.9 Å². The summed E-state index contributed by atoms with van der Waals surface area (Å²) in [5, 5.41) is 9.95. The normalized spacial score (nSPS) is 21.4. The highest BCUT2D eigenvalue weighted by molar-refractivity contribution is 7.99. The summed E-state index contributed by atoms with van der Waals surface area (Å²) in [6.45, 7) is 5.09. The average molecular weight is 392 g/mol. The first-order chi connectivity index (χ1) is 13.3. The van der Waals surface area contributed by atoms with E-state index in [9.17, 15) is 4.79 Å². The molecule has 27 heavy (non-hydrogen) atoms. The fourth-order valence-corrected chi connectivity index (χ4v) is 5.46. The molecule has 2 aliphatic carbocycles. The molecule has 1 aromatic rings. The van der Waals surface area contributed by atoms with Crippen molar-refractivity contribution in [2.24, 2.45) is 0 Å². The van der Waals surface area contributed by atoms with Crippen LogP contribution in [0.1, 0.15) is 77.2 Å². The van der Waals surface area contributed by atoms with Crippen molar-refractivity contribution >= 4 is 23.6 Å². The molecule has 3 fully saturated rings. The highest BCUT2D eigenvalue weighted by Crippen LogP contribution is 2.41. The van der Waals surface area contributed by atoms with Crippen LogP contribution in [0.25, 0.3) is 0 Å². The molecule has 1 saturated heterocycles. The highest BCUT2D eigenvalue weighted by Gasteiger charge is 2.32. The van der Waals surface area contributed by atoms with Crippen LogP contribution in [0.5, 0.6) is 0 Å². The van der Waals surface area contributed by atoms with E-state index in [0.717, 1.165) is 30.7 Å². The van der Waals surface area contributed by atoms with Gasteiger partial charge in [-0.05, 0) is 51.9 Å². The molecule has 1 aromatic heterocycles. The summed E-state index contributed by atoms with van der Waals surface area (Å²) in [5.74, 6) is 1.78. The number of piperidine rings is 1. The molecule has 4 rings (SSSR count). The molecule has 3 aliphatic rings. The molecule has 0 atom stereocenters. The molecule has 0 bridgehead atoms. The van der Waals surface area contributed by atoms with Gasteiger partial charge >= 0.3 is 0 Å². The Hall–Kier alpha value is -1.24. The van der Waals surface area contributed by atoms with Gasteiger partial charge in [0.25, 0.3) is 0 Å². The van der Waals surface area contributed by atoms with Crippen LogP contribution in [0, 0.1) is 0 Å².